The zero-order valence-electron chi connectivity index (χ0n) is 43.0. The number of imidazole rings is 1. The Morgan fingerprint density at radius 1 is 0.885 bits per heavy atom. The number of methoxy groups -OCH3 is 4. The molecule has 78 heavy (non-hydrogen) atoms. The molecule has 2 aromatic carbocycles. The van der Waals surface area contributed by atoms with Gasteiger partial charge in [0.25, 0.3) is 17.4 Å². The summed E-state index contributed by atoms with van der Waals surface area (Å²) in [6.45, 7) is 0.369. The van der Waals surface area contributed by atoms with Crippen LogP contribution in [0, 0.1) is 18.3 Å². The Morgan fingerprint density at radius 3 is 2.27 bits per heavy atom. The van der Waals surface area contributed by atoms with Crippen molar-refractivity contribution < 1.29 is 75.6 Å². The van der Waals surface area contributed by atoms with Crippen LogP contribution >= 0.6 is 7.82 Å². The highest BCUT2D eigenvalue weighted by molar-refractivity contribution is 7.48. The predicted molar refractivity (Wildman–Crippen MR) is 268 cm³/mol. The molecule has 28 nitrogen and oxygen atoms in total. The van der Waals surface area contributed by atoms with Gasteiger partial charge in [0.2, 0.25) is 11.7 Å². The van der Waals surface area contributed by atoms with Crippen molar-refractivity contribution in [1.82, 2.24) is 38.9 Å². The average Bonchev–Trinajstić information content (AvgIpc) is 4.27. The molecule has 29 heteroatoms. The monoisotopic (exact) mass is 1100 g/mol. The number of amides is 3. The Morgan fingerprint density at radius 2 is 1.60 bits per heavy atom. The number of nitriles is 1. The normalized spacial score (nSPS) is 21.9. The minimum atomic E-state index is -4.86. The summed E-state index contributed by atoms with van der Waals surface area (Å²) in [6.07, 6.45) is -6.00. The minimum Gasteiger partial charge on any atom is -0.493 e. The molecule has 6 unspecified atom stereocenters. The van der Waals surface area contributed by atoms with Crippen LogP contribution in [0.4, 0.5) is 5.82 Å². The molecule has 8 atom stereocenters. The van der Waals surface area contributed by atoms with Crippen molar-refractivity contribution in [2.24, 2.45) is 0 Å². The predicted octanol–water partition coefficient (Wildman–Crippen LogP) is 2.27. The van der Waals surface area contributed by atoms with Crippen LogP contribution in [0.25, 0.3) is 11.2 Å². The molecule has 0 spiro atoms. The van der Waals surface area contributed by atoms with Gasteiger partial charge in [0, 0.05) is 69.0 Å². The first-order chi connectivity index (χ1) is 37.6. The maximum Gasteiger partial charge on any atom is 0.475 e. The van der Waals surface area contributed by atoms with Gasteiger partial charge in [0.1, 0.15) is 43.1 Å². The SMILES string of the molecule is COc1cc(C(=O)N2CCN(C(=O)CCC(=O)O[C@@H]3C[C@H](n4cc(C)c(=O)[nH]c4=O)OC3COP(=O)(OCCC#N)OC3C(CO)OC(n4cnc5c(NC(=O)c6ccccc6)ncnc54)C3OC)CC2)cc(OC)c1OC. The Labute approximate surface area is 444 Å². The second-order valence-corrected chi connectivity index (χ2v) is 19.4. The summed E-state index contributed by atoms with van der Waals surface area (Å²) in [5.74, 6) is -0.963. The second-order valence-electron chi connectivity index (χ2n) is 17.8. The zero-order chi connectivity index (χ0) is 55.7. The van der Waals surface area contributed by atoms with E-state index in [2.05, 4.69) is 25.3 Å². The van der Waals surface area contributed by atoms with Crippen LogP contribution in [-0.4, -0.2) is 173 Å². The fourth-order valence-electron chi connectivity index (χ4n) is 9.06. The Bertz CT molecular complexity index is 3170. The standard InChI is InChI=1S/C49H57N10O18P/c1-28-23-58(49(66)55-45(28)63)37-22-31(75-38(62)13-12-36(61)56-15-17-57(18-16-56)47(65)30-20-32(68-2)40(70-4)33(21-30)69-3)35(74-37)25-73-78(67,72-19-9-14-50)77-41-34(24-60)76-48(42(41)71-5)59-27-53-39-43(51-26-52-44(39)59)54-46(64)29-10-7-6-8-11-29/h6-8,10-11,20-21,23,26-27,31,34-35,37,41-42,48,60H,9,12-13,15-19,22,24-25H2,1-5H3,(H,55,63,66)(H,51,52,54,64)/t31-,34?,35?,37-,41?,42?,48?,78?/m1/s1. The molecule has 3 N–H and O–H groups in total. The van der Waals surface area contributed by atoms with Gasteiger partial charge in [-0.25, -0.2) is 24.3 Å². The number of hydrogen-bond donors (Lipinski definition) is 3. The molecule has 3 aliphatic rings. The van der Waals surface area contributed by atoms with Crippen molar-refractivity contribution >= 4 is 48.5 Å². The number of phosphoric acid groups is 1. The molecule has 6 heterocycles. The quantitative estimate of drug-likeness (QED) is 0.0508. The summed E-state index contributed by atoms with van der Waals surface area (Å²) >= 11 is 0. The highest BCUT2D eigenvalue weighted by Gasteiger charge is 2.52. The van der Waals surface area contributed by atoms with Crippen molar-refractivity contribution in [1.29, 1.82) is 5.26 Å². The third kappa shape index (κ3) is 12.5. The average molecular weight is 1110 g/mol. The van der Waals surface area contributed by atoms with Gasteiger partial charge >= 0.3 is 19.5 Å². The van der Waals surface area contributed by atoms with Crippen molar-refractivity contribution in [2.75, 3.05) is 79.8 Å². The lowest BCUT2D eigenvalue weighted by molar-refractivity contribution is -0.154. The number of nitrogens with zero attached hydrogens (tertiary/aromatic N) is 8. The number of aromatic nitrogens is 6. The molecule has 3 amide bonds. The number of ether oxygens (including phenoxy) is 7. The minimum absolute atomic E-state index is 0.0835. The first-order valence-electron chi connectivity index (χ1n) is 24.4. The van der Waals surface area contributed by atoms with E-state index < -0.39 is 93.7 Å². The Kier molecular flexibility index (Phi) is 18.3. The second kappa shape index (κ2) is 25.2. The summed E-state index contributed by atoms with van der Waals surface area (Å²) in [5, 5.41) is 22.7. The number of hydrogen-bond acceptors (Lipinski definition) is 22. The number of aliphatic hydroxyl groups excluding tert-OH is 1. The lowest BCUT2D eigenvalue weighted by atomic mass is 10.1. The number of aryl methyl sites for hydroxylation is 1. The summed E-state index contributed by atoms with van der Waals surface area (Å²) in [7, 11) is 0.773. The van der Waals surface area contributed by atoms with Gasteiger partial charge in [0.15, 0.2) is 34.7 Å². The fraction of sp³-hybridized carbons (Fsp3) is 0.469. The Balaban J connectivity index is 0.944. The third-order valence-electron chi connectivity index (χ3n) is 13.0. The van der Waals surface area contributed by atoms with Crippen LogP contribution < -0.4 is 30.8 Å². The number of fused-ring (bicyclic) bond motifs is 1. The van der Waals surface area contributed by atoms with Gasteiger partial charge in [-0.2, -0.15) is 5.26 Å². The largest absolute Gasteiger partial charge is 0.493 e. The summed E-state index contributed by atoms with van der Waals surface area (Å²) < 4.78 is 75.1. The van der Waals surface area contributed by atoms with Crippen LogP contribution in [0.3, 0.4) is 0 Å². The smallest absolute Gasteiger partial charge is 0.475 e. The highest BCUT2D eigenvalue weighted by atomic mass is 31.2. The van der Waals surface area contributed by atoms with Gasteiger partial charge in [-0.3, -0.25) is 51.7 Å². The number of piperazine rings is 1. The van der Waals surface area contributed by atoms with Crippen LogP contribution in [0.15, 0.2) is 70.9 Å². The molecule has 8 rings (SSSR count). The van der Waals surface area contributed by atoms with E-state index in [1.54, 1.807) is 47.4 Å². The van der Waals surface area contributed by atoms with E-state index >= 15 is 0 Å². The highest BCUT2D eigenvalue weighted by Crippen LogP contribution is 2.54. The molecule has 3 aliphatic heterocycles. The number of carbonyl (C=O) groups excluding carboxylic acids is 4. The topological polar surface area (TPSA) is 339 Å². The van der Waals surface area contributed by atoms with Gasteiger partial charge in [0.05, 0.1) is 66.4 Å². The van der Waals surface area contributed by atoms with Gasteiger partial charge in [-0.15, -0.1) is 0 Å². The lowest BCUT2D eigenvalue weighted by Gasteiger charge is -2.35. The number of rotatable bonds is 22. The number of aliphatic hydroxyl groups is 1. The first kappa shape index (κ1) is 56.6. The summed E-state index contributed by atoms with van der Waals surface area (Å²) in [6, 6.07) is 13.4. The number of phosphoric ester groups is 1. The number of nitrogens with one attached hydrogen (secondary N) is 2. The maximum atomic E-state index is 14.8. The van der Waals surface area contributed by atoms with E-state index in [4.69, 9.17) is 46.7 Å². The van der Waals surface area contributed by atoms with E-state index in [1.165, 1.54) is 63.7 Å². The lowest BCUT2D eigenvalue weighted by Crippen LogP contribution is -2.50. The maximum absolute atomic E-state index is 14.8. The zero-order valence-corrected chi connectivity index (χ0v) is 43.9. The van der Waals surface area contributed by atoms with Gasteiger partial charge in [-0.1, -0.05) is 18.2 Å². The molecule has 0 aliphatic carbocycles. The summed E-state index contributed by atoms with van der Waals surface area (Å²) in [5.41, 5.74) is -0.300. The van der Waals surface area contributed by atoms with Crippen LogP contribution in [-0.2, 0) is 46.7 Å². The van der Waals surface area contributed by atoms with Crippen molar-refractivity contribution in [3.05, 3.63) is 98.8 Å². The molecule has 0 bridgehead atoms. The van der Waals surface area contributed by atoms with E-state index in [-0.39, 0.29) is 86.2 Å². The molecule has 3 fully saturated rings. The number of esters is 1. The number of aromatic amines is 1. The van der Waals surface area contributed by atoms with Gasteiger partial charge in [-0.05, 0) is 31.2 Å². The van der Waals surface area contributed by atoms with E-state index in [1.807, 2.05) is 6.07 Å². The molecule has 0 saturated carbocycles. The summed E-state index contributed by atoms with van der Waals surface area (Å²) in [4.78, 5) is 97.1. The van der Waals surface area contributed by atoms with E-state index in [0.29, 0.717) is 28.4 Å². The molecular weight excluding hydrogens is 1050 g/mol. The van der Waals surface area contributed by atoms with Crippen molar-refractivity contribution in [3.8, 4) is 23.3 Å². The molecule has 0 radical (unpaired) electrons. The molecule has 5 aromatic rings. The van der Waals surface area contributed by atoms with Crippen LogP contribution in [0.2, 0.25) is 0 Å². The number of anilines is 1. The molecule has 3 saturated heterocycles. The molecule has 416 valence electrons. The first-order valence-corrected chi connectivity index (χ1v) is 25.9. The van der Waals surface area contributed by atoms with E-state index in [9.17, 15) is 43.7 Å². The molecule has 3 aromatic heterocycles. The van der Waals surface area contributed by atoms with Crippen LogP contribution in [0.1, 0.15) is 64.4 Å². The third-order valence-corrected chi connectivity index (χ3v) is 14.5. The molecular formula is C49H57N10O18P. The Hall–Kier alpha value is -7.61. The number of H-pyrrole nitrogens is 1. The number of benzene rings is 2. The van der Waals surface area contributed by atoms with Crippen molar-refractivity contribution in [3.63, 3.8) is 0 Å². The fourth-order valence-corrected chi connectivity index (χ4v) is 10.5. The van der Waals surface area contributed by atoms with Crippen LogP contribution in [0.5, 0.6) is 17.2 Å². The van der Waals surface area contributed by atoms with E-state index in [0.717, 1.165) is 4.57 Å². The number of carbonyl (C=O) groups is 4. The van der Waals surface area contributed by atoms with Crippen molar-refractivity contribution in [2.45, 2.75) is 75.6 Å². The van der Waals surface area contributed by atoms with Gasteiger partial charge < -0.3 is 53.4 Å².